The van der Waals surface area contributed by atoms with E-state index in [0.717, 1.165) is 5.56 Å². The van der Waals surface area contributed by atoms with E-state index in [9.17, 15) is 20.2 Å². The second kappa shape index (κ2) is 10.1. The van der Waals surface area contributed by atoms with Crippen LogP contribution in [0.1, 0.15) is 11.1 Å². The number of hydrogen-bond acceptors (Lipinski definition) is 5. The first-order valence-corrected chi connectivity index (χ1v) is 9.47. The van der Waals surface area contributed by atoms with Crippen molar-refractivity contribution in [1.29, 1.82) is 5.26 Å². The number of carbonyl (C=O) groups excluding carboxylic acids is 1. The van der Waals surface area contributed by atoms with Crippen LogP contribution in [0.2, 0.25) is 5.02 Å². The molecule has 0 saturated heterocycles. The van der Waals surface area contributed by atoms with Gasteiger partial charge >= 0.3 is 0 Å². The summed E-state index contributed by atoms with van der Waals surface area (Å²) in [6.07, 6.45) is 1.47. The minimum atomic E-state index is -0.539. The van der Waals surface area contributed by atoms with Gasteiger partial charge in [-0.25, -0.2) is 0 Å². The molecule has 0 aliphatic heterocycles. The number of carbonyl (C=O) groups is 1. The van der Waals surface area contributed by atoms with Gasteiger partial charge in [-0.05, 0) is 59.7 Å². The van der Waals surface area contributed by atoms with Crippen molar-refractivity contribution in [1.82, 2.24) is 0 Å². The Morgan fingerprint density at radius 2 is 1.84 bits per heavy atom. The smallest absolute Gasteiger partial charge is 0.269 e. The van der Waals surface area contributed by atoms with Gasteiger partial charge in [0.25, 0.3) is 11.6 Å². The number of amides is 1. The predicted molar refractivity (Wildman–Crippen MR) is 118 cm³/mol. The van der Waals surface area contributed by atoms with E-state index in [-0.39, 0.29) is 17.9 Å². The fraction of sp³-hybridized carbons (Fsp3) is 0.0435. The van der Waals surface area contributed by atoms with Crippen molar-refractivity contribution in [3.8, 4) is 11.8 Å². The van der Waals surface area contributed by atoms with Crippen molar-refractivity contribution < 1.29 is 14.5 Å². The molecule has 3 rings (SSSR count). The summed E-state index contributed by atoms with van der Waals surface area (Å²) in [5.74, 6) is 0.0423. The number of hydrogen-bond donors (Lipinski definition) is 1. The lowest BCUT2D eigenvalue weighted by atomic mass is 10.1. The highest BCUT2D eigenvalue weighted by molar-refractivity contribution is 6.31. The largest absolute Gasteiger partial charge is 0.489 e. The molecule has 31 heavy (non-hydrogen) atoms. The quantitative estimate of drug-likeness (QED) is 0.233. The topological polar surface area (TPSA) is 105 Å². The summed E-state index contributed by atoms with van der Waals surface area (Å²) in [6, 6.07) is 21.5. The fourth-order valence-electron chi connectivity index (χ4n) is 2.62. The van der Waals surface area contributed by atoms with Crippen LogP contribution in [-0.4, -0.2) is 10.8 Å². The Hall–Kier alpha value is -4.15. The molecule has 7 nitrogen and oxygen atoms in total. The highest BCUT2D eigenvalue weighted by Gasteiger charge is 2.10. The number of benzene rings is 3. The summed E-state index contributed by atoms with van der Waals surface area (Å²) in [5, 5.41) is 23.1. The third-order valence-corrected chi connectivity index (χ3v) is 4.43. The molecule has 1 N–H and O–H groups in total. The van der Waals surface area contributed by atoms with Gasteiger partial charge in [0.05, 0.1) is 4.92 Å². The molecule has 0 aromatic heterocycles. The zero-order valence-electron chi connectivity index (χ0n) is 16.1. The monoisotopic (exact) mass is 433 g/mol. The number of nitro groups is 1. The molecule has 8 heteroatoms. The molecule has 0 bridgehead atoms. The number of ether oxygens (including phenoxy) is 1. The molecule has 0 atom stereocenters. The summed E-state index contributed by atoms with van der Waals surface area (Å²) in [7, 11) is 0. The highest BCUT2D eigenvalue weighted by Crippen LogP contribution is 2.19. The van der Waals surface area contributed by atoms with E-state index in [1.54, 1.807) is 60.7 Å². The Balaban J connectivity index is 1.62. The Bertz CT molecular complexity index is 1170. The minimum Gasteiger partial charge on any atom is -0.489 e. The number of anilines is 1. The molecule has 0 fully saturated rings. The van der Waals surface area contributed by atoms with Gasteiger partial charge in [0.2, 0.25) is 0 Å². The SMILES string of the molecule is N#C/C(=C\c1ccc(OCc2ccc([N+](=O)[O-])cc2)cc1)C(=O)Nc1cccc(Cl)c1. The van der Waals surface area contributed by atoms with E-state index in [1.807, 2.05) is 6.07 Å². The van der Waals surface area contributed by atoms with Crippen molar-refractivity contribution in [3.05, 3.63) is 105 Å². The molecule has 0 aliphatic carbocycles. The van der Waals surface area contributed by atoms with E-state index in [2.05, 4.69) is 5.32 Å². The molecule has 0 heterocycles. The first kappa shape index (κ1) is 21.6. The van der Waals surface area contributed by atoms with Crippen molar-refractivity contribution in [2.75, 3.05) is 5.32 Å². The van der Waals surface area contributed by atoms with E-state index in [0.29, 0.717) is 22.0 Å². The van der Waals surface area contributed by atoms with E-state index in [4.69, 9.17) is 16.3 Å². The third-order valence-electron chi connectivity index (χ3n) is 4.19. The molecule has 0 unspecified atom stereocenters. The van der Waals surface area contributed by atoms with Gasteiger partial charge in [-0.1, -0.05) is 29.8 Å². The maximum Gasteiger partial charge on any atom is 0.269 e. The molecule has 154 valence electrons. The second-order valence-electron chi connectivity index (χ2n) is 6.42. The molecule has 0 radical (unpaired) electrons. The third kappa shape index (κ3) is 6.16. The van der Waals surface area contributed by atoms with Gasteiger partial charge in [0, 0.05) is 22.8 Å². The fourth-order valence-corrected chi connectivity index (χ4v) is 2.81. The lowest BCUT2D eigenvalue weighted by Crippen LogP contribution is -2.13. The van der Waals surface area contributed by atoms with Crippen LogP contribution >= 0.6 is 11.6 Å². The number of nitrogens with one attached hydrogen (secondary N) is 1. The number of rotatable bonds is 7. The standard InChI is InChI=1S/C23H16ClN3O4/c24-19-2-1-3-20(13-19)26-23(28)18(14-25)12-16-6-10-22(11-7-16)31-15-17-4-8-21(9-5-17)27(29)30/h1-13H,15H2,(H,26,28)/b18-12+. The zero-order chi connectivity index (χ0) is 22.2. The van der Waals surface area contributed by atoms with Crippen LogP contribution in [0.15, 0.2) is 78.4 Å². The molecule has 1 amide bonds. The van der Waals surface area contributed by atoms with Crippen LogP contribution in [0.25, 0.3) is 6.08 Å². The van der Waals surface area contributed by atoms with Gasteiger partial charge in [-0.3, -0.25) is 14.9 Å². The number of nitriles is 1. The second-order valence-corrected chi connectivity index (χ2v) is 6.85. The van der Waals surface area contributed by atoms with Crippen LogP contribution in [0.3, 0.4) is 0 Å². The van der Waals surface area contributed by atoms with E-state index >= 15 is 0 Å². The number of non-ortho nitro benzene ring substituents is 1. The number of nitrogens with zero attached hydrogens (tertiary/aromatic N) is 2. The van der Waals surface area contributed by atoms with Gasteiger partial charge in [-0.15, -0.1) is 0 Å². The lowest BCUT2D eigenvalue weighted by molar-refractivity contribution is -0.384. The van der Waals surface area contributed by atoms with Gasteiger partial charge in [0.15, 0.2) is 0 Å². The molecular weight excluding hydrogens is 418 g/mol. The first-order chi connectivity index (χ1) is 14.9. The Morgan fingerprint density at radius 1 is 1.13 bits per heavy atom. The summed E-state index contributed by atoms with van der Waals surface area (Å²) in [4.78, 5) is 22.6. The molecule has 3 aromatic carbocycles. The molecular formula is C23H16ClN3O4. The van der Waals surface area contributed by atoms with Crippen molar-refractivity contribution in [3.63, 3.8) is 0 Å². The Labute approximate surface area is 183 Å². The van der Waals surface area contributed by atoms with Crippen LogP contribution in [0.4, 0.5) is 11.4 Å². The maximum atomic E-state index is 12.3. The first-order valence-electron chi connectivity index (χ1n) is 9.09. The maximum absolute atomic E-state index is 12.3. The normalized spacial score (nSPS) is 10.8. The van der Waals surface area contributed by atoms with E-state index < -0.39 is 10.8 Å². The molecule has 3 aromatic rings. The number of halogens is 1. The van der Waals surface area contributed by atoms with Crippen LogP contribution in [0.5, 0.6) is 5.75 Å². The molecule has 0 aliphatic rings. The summed E-state index contributed by atoms with van der Waals surface area (Å²) in [5.41, 5.74) is 1.90. The van der Waals surface area contributed by atoms with Crippen molar-refractivity contribution >= 4 is 35.0 Å². The number of nitro benzene ring substituents is 1. The molecule has 0 spiro atoms. The van der Waals surface area contributed by atoms with Crippen molar-refractivity contribution in [2.45, 2.75) is 6.61 Å². The minimum absolute atomic E-state index is 0.0209. The van der Waals surface area contributed by atoms with Gasteiger partial charge in [0.1, 0.15) is 24.0 Å². The van der Waals surface area contributed by atoms with Gasteiger partial charge in [-0.2, -0.15) is 5.26 Å². The molecule has 0 saturated carbocycles. The summed E-state index contributed by atoms with van der Waals surface area (Å²) >= 11 is 5.90. The van der Waals surface area contributed by atoms with Crippen LogP contribution in [-0.2, 0) is 11.4 Å². The Morgan fingerprint density at radius 3 is 2.45 bits per heavy atom. The zero-order valence-corrected chi connectivity index (χ0v) is 16.9. The summed E-state index contributed by atoms with van der Waals surface area (Å²) < 4.78 is 5.67. The average Bonchev–Trinajstić information content (AvgIpc) is 2.77. The van der Waals surface area contributed by atoms with Crippen LogP contribution in [0, 0.1) is 21.4 Å². The summed E-state index contributed by atoms with van der Waals surface area (Å²) in [6.45, 7) is 0.249. The highest BCUT2D eigenvalue weighted by atomic mass is 35.5. The van der Waals surface area contributed by atoms with Gasteiger partial charge < -0.3 is 10.1 Å². The average molecular weight is 434 g/mol. The predicted octanol–water partition coefficient (Wildman–Crippen LogP) is 5.37. The lowest BCUT2D eigenvalue weighted by Gasteiger charge is -2.07. The Kier molecular flexibility index (Phi) is 6.99. The van der Waals surface area contributed by atoms with E-state index in [1.165, 1.54) is 18.2 Å². The van der Waals surface area contributed by atoms with Crippen molar-refractivity contribution in [2.24, 2.45) is 0 Å². The van der Waals surface area contributed by atoms with Crippen LogP contribution < -0.4 is 10.1 Å².